The minimum atomic E-state index is -3.91. The van der Waals surface area contributed by atoms with Gasteiger partial charge in [-0.1, -0.05) is 6.07 Å². The first-order valence-corrected chi connectivity index (χ1v) is 11.6. The van der Waals surface area contributed by atoms with Crippen molar-refractivity contribution in [2.45, 2.75) is 35.3 Å². The number of aromatic nitrogens is 1. The molecule has 0 bridgehead atoms. The standard InChI is InChI=1S/C17H21N3O4S3/c1-17(2)15(16(21)19-22)20(10-5-11-25-17)27(23,24)14-8-7-13(26-14)12-6-3-4-9-18-12/h3-4,6-9,15,22H,5,10-11H2,1-2H3,(H,19,21)/t15-/m0/s1. The molecule has 0 aromatic carbocycles. The Labute approximate surface area is 166 Å². The molecule has 0 radical (unpaired) electrons. The lowest BCUT2D eigenvalue weighted by molar-refractivity contribution is -0.133. The fraction of sp³-hybridized carbons (Fsp3) is 0.412. The minimum absolute atomic E-state index is 0.154. The molecule has 1 amide bonds. The molecule has 0 spiro atoms. The minimum Gasteiger partial charge on any atom is -0.289 e. The van der Waals surface area contributed by atoms with Crippen LogP contribution in [-0.4, -0.2) is 51.9 Å². The average Bonchev–Trinajstić information content (AvgIpc) is 3.09. The lowest BCUT2D eigenvalue weighted by Crippen LogP contribution is -2.57. The zero-order valence-corrected chi connectivity index (χ0v) is 17.4. The van der Waals surface area contributed by atoms with E-state index in [1.807, 2.05) is 26.0 Å². The van der Waals surface area contributed by atoms with Gasteiger partial charge in [-0.3, -0.25) is 15.0 Å². The number of hydrogen-bond acceptors (Lipinski definition) is 7. The maximum absolute atomic E-state index is 13.3. The Morgan fingerprint density at radius 2 is 2.11 bits per heavy atom. The highest BCUT2D eigenvalue weighted by atomic mass is 32.2. The second-order valence-corrected chi connectivity index (χ2v) is 11.6. The quantitative estimate of drug-likeness (QED) is 0.575. The second kappa shape index (κ2) is 7.88. The van der Waals surface area contributed by atoms with Gasteiger partial charge < -0.3 is 0 Å². The molecule has 1 atom stereocenters. The van der Waals surface area contributed by atoms with E-state index in [-0.39, 0.29) is 10.8 Å². The zero-order valence-electron chi connectivity index (χ0n) is 15.0. The van der Waals surface area contributed by atoms with E-state index in [4.69, 9.17) is 0 Å². The molecule has 1 saturated heterocycles. The van der Waals surface area contributed by atoms with Crippen molar-refractivity contribution in [1.29, 1.82) is 0 Å². The predicted octanol–water partition coefficient (Wildman–Crippen LogP) is 2.59. The van der Waals surface area contributed by atoms with Crippen LogP contribution in [0, 0.1) is 0 Å². The third kappa shape index (κ3) is 4.04. The molecule has 10 heteroatoms. The van der Waals surface area contributed by atoms with E-state index >= 15 is 0 Å². The van der Waals surface area contributed by atoms with Gasteiger partial charge in [0.15, 0.2) is 0 Å². The van der Waals surface area contributed by atoms with Crippen LogP contribution in [0.4, 0.5) is 0 Å². The third-order valence-corrected chi connectivity index (χ3v) is 9.26. The number of pyridine rings is 1. The second-order valence-electron chi connectivity index (χ2n) is 6.63. The number of nitrogens with one attached hydrogen (secondary N) is 1. The van der Waals surface area contributed by atoms with Crippen LogP contribution >= 0.6 is 23.1 Å². The van der Waals surface area contributed by atoms with Crippen molar-refractivity contribution in [2.75, 3.05) is 12.3 Å². The Bertz CT molecular complexity index is 913. The van der Waals surface area contributed by atoms with Crippen LogP contribution in [0.3, 0.4) is 0 Å². The van der Waals surface area contributed by atoms with Crippen LogP contribution in [0.15, 0.2) is 40.7 Å². The van der Waals surface area contributed by atoms with Gasteiger partial charge in [0, 0.05) is 17.5 Å². The summed E-state index contributed by atoms with van der Waals surface area (Å²) in [5.74, 6) is 0.0113. The van der Waals surface area contributed by atoms with Gasteiger partial charge in [0.2, 0.25) is 0 Å². The van der Waals surface area contributed by atoms with Crippen molar-refractivity contribution >= 4 is 39.0 Å². The van der Waals surface area contributed by atoms with Gasteiger partial charge >= 0.3 is 0 Å². The van der Waals surface area contributed by atoms with Gasteiger partial charge in [-0.15, -0.1) is 11.3 Å². The summed E-state index contributed by atoms with van der Waals surface area (Å²) in [6.07, 6.45) is 2.28. The van der Waals surface area contributed by atoms with Crippen molar-refractivity contribution in [3.05, 3.63) is 36.5 Å². The largest absolute Gasteiger partial charge is 0.289 e. The molecule has 0 aliphatic carbocycles. The summed E-state index contributed by atoms with van der Waals surface area (Å²) in [5, 5.41) is 9.18. The third-order valence-electron chi connectivity index (χ3n) is 4.36. The van der Waals surface area contributed by atoms with Crippen LogP contribution in [0.25, 0.3) is 10.6 Å². The molecule has 7 nitrogen and oxygen atoms in total. The Hall–Kier alpha value is -1.46. The van der Waals surface area contributed by atoms with E-state index < -0.39 is 26.7 Å². The first-order valence-electron chi connectivity index (χ1n) is 8.38. The highest BCUT2D eigenvalue weighted by Gasteiger charge is 2.47. The number of thiophene rings is 1. The van der Waals surface area contributed by atoms with Crippen LogP contribution < -0.4 is 5.48 Å². The maximum Gasteiger partial charge on any atom is 0.263 e. The Kier molecular flexibility index (Phi) is 5.92. The highest BCUT2D eigenvalue weighted by Crippen LogP contribution is 2.39. The summed E-state index contributed by atoms with van der Waals surface area (Å²) < 4.78 is 27.4. The molecule has 0 saturated carbocycles. The van der Waals surface area contributed by atoms with Gasteiger partial charge in [-0.05, 0) is 50.3 Å². The fourth-order valence-corrected chi connectivity index (χ4v) is 7.53. The smallest absolute Gasteiger partial charge is 0.263 e. The van der Waals surface area contributed by atoms with Crippen molar-refractivity contribution in [3.8, 4) is 10.6 Å². The molecule has 2 aromatic rings. The van der Waals surface area contributed by atoms with E-state index in [1.165, 1.54) is 16.1 Å². The molecule has 146 valence electrons. The molecule has 2 N–H and O–H groups in total. The Balaban J connectivity index is 2.01. The Morgan fingerprint density at radius 3 is 2.78 bits per heavy atom. The van der Waals surface area contributed by atoms with E-state index in [2.05, 4.69) is 4.98 Å². The molecular formula is C17H21N3O4S3. The highest BCUT2D eigenvalue weighted by molar-refractivity contribution is 8.00. The first-order chi connectivity index (χ1) is 12.8. The normalized spacial score (nSPS) is 20.8. The van der Waals surface area contributed by atoms with Crippen LogP contribution in [-0.2, 0) is 14.8 Å². The van der Waals surface area contributed by atoms with E-state index in [0.29, 0.717) is 12.1 Å². The number of hydrogen-bond donors (Lipinski definition) is 2. The molecule has 2 aromatic heterocycles. The van der Waals surface area contributed by atoms with Crippen LogP contribution in [0.2, 0.25) is 0 Å². The number of sulfonamides is 1. The first kappa shape index (κ1) is 20.3. The van der Waals surface area contributed by atoms with Gasteiger partial charge in [0.1, 0.15) is 10.3 Å². The number of carbonyl (C=O) groups is 1. The molecule has 3 rings (SSSR count). The number of thioether (sulfide) groups is 1. The maximum atomic E-state index is 13.3. The van der Waals surface area contributed by atoms with Crippen molar-refractivity contribution in [3.63, 3.8) is 0 Å². The SMILES string of the molecule is CC1(C)SCCCN(S(=O)(=O)c2ccc(-c3ccccn3)s2)[C@H]1C(=O)NO. The summed E-state index contributed by atoms with van der Waals surface area (Å²) in [6, 6.07) is 7.70. The van der Waals surface area contributed by atoms with Gasteiger partial charge in [0.05, 0.1) is 10.6 Å². The summed E-state index contributed by atoms with van der Waals surface area (Å²) >= 11 is 2.65. The van der Waals surface area contributed by atoms with Crippen LogP contribution in [0.5, 0.6) is 0 Å². The predicted molar refractivity (Wildman–Crippen MR) is 106 cm³/mol. The monoisotopic (exact) mass is 427 g/mol. The van der Waals surface area contributed by atoms with Crippen molar-refractivity contribution in [1.82, 2.24) is 14.8 Å². The number of hydroxylamine groups is 1. The summed E-state index contributed by atoms with van der Waals surface area (Å²) in [7, 11) is -3.91. The van der Waals surface area contributed by atoms with E-state index in [0.717, 1.165) is 22.0 Å². The van der Waals surface area contributed by atoms with Crippen molar-refractivity contribution in [2.24, 2.45) is 0 Å². The van der Waals surface area contributed by atoms with Gasteiger partial charge in [0.25, 0.3) is 15.9 Å². The molecule has 3 heterocycles. The van der Waals surface area contributed by atoms with Crippen molar-refractivity contribution < 1.29 is 18.4 Å². The number of amides is 1. The molecule has 0 unspecified atom stereocenters. The molecule has 27 heavy (non-hydrogen) atoms. The number of nitrogens with zero attached hydrogens (tertiary/aromatic N) is 2. The lowest BCUT2D eigenvalue weighted by Gasteiger charge is -2.36. The molecule has 1 aliphatic rings. The number of rotatable bonds is 4. The fourth-order valence-electron chi connectivity index (χ4n) is 3.10. The van der Waals surface area contributed by atoms with Crippen LogP contribution in [0.1, 0.15) is 20.3 Å². The molecule has 1 aliphatic heterocycles. The van der Waals surface area contributed by atoms with Gasteiger partial charge in [-0.25, -0.2) is 13.9 Å². The summed E-state index contributed by atoms with van der Waals surface area (Å²) in [6.45, 7) is 3.85. The van der Waals surface area contributed by atoms with E-state index in [9.17, 15) is 18.4 Å². The Morgan fingerprint density at radius 1 is 1.33 bits per heavy atom. The zero-order chi connectivity index (χ0) is 19.7. The molecular weight excluding hydrogens is 406 g/mol. The van der Waals surface area contributed by atoms with E-state index in [1.54, 1.807) is 29.9 Å². The number of carbonyl (C=O) groups excluding carboxylic acids is 1. The summed E-state index contributed by atoms with van der Waals surface area (Å²) in [4.78, 5) is 17.4. The topological polar surface area (TPSA) is 99.6 Å². The average molecular weight is 428 g/mol. The molecule has 1 fully saturated rings. The lowest BCUT2D eigenvalue weighted by atomic mass is 10.0. The summed E-state index contributed by atoms with van der Waals surface area (Å²) in [5.41, 5.74) is 2.33. The van der Waals surface area contributed by atoms with Gasteiger partial charge in [-0.2, -0.15) is 16.1 Å².